The molecular formula is C16H21FO5. The van der Waals surface area contributed by atoms with E-state index in [9.17, 15) is 9.50 Å². The maximum Gasteiger partial charge on any atom is 0.189 e. The summed E-state index contributed by atoms with van der Waals surface area (Å²) in [7, 11) is 0. The Labute approximate surface area is 128 Å². The predicted molar refractivity (Wildman–Crippen MR) is 75.7 cm³/mol. The van der Waals surface area contributed by atoms with Crippen LogP contribution in [0.25, 0.3) is 0 Å². The smallest absolute Gasteiger partial charge is 0.189 e. The topological polar surface area (TPSA) is 57.2 Å². The van der Waals surface area contributed by atoms with Crippen molar-refractivity contribution in [3.05, 3.63) is 35.9 Å². The first-order valence-electron chi connectivity index (χ1n) is 7.41. The highest BCUT2D eigenvalue weighted by Gasteiger charge is 2.55. The van der Waals surface area contributed by atoms with E-state index in [2.05, 4.69) is 0 Å². The van der Waals surface area contributed by atoms with Crippen LogP contribution in [-0.4, -0.2) is 48.3 Å². The number of hydrogen-bond donors (Lipinski definition) is 1. The van der Waals surface area contributed by atoms with E-state index in [1.807, 2.05) is 30.3 Å². The van der Waals surface area contributed by atoms with Crippen LogP contribution in [0.2, 0.25) is 0 Å². The summed E-state index contributed by atoms with van der Waals surface area (Å²) in [4.78, 5) is 0. The van der Waals surface area contributed by atoms with Crippen LogP contribution in [0.5, 0.6) is 0 Å². The summed E-state index contributed by atoms with van der Waals surface area (Å²) in [5, 5.41) is 9.69. The number of ether oxygens (including phenoxy) is 4. The Morgan fingerprint density at radius 1 is 1.18 bits per heavy atom. The van der Waals surface area contributed by atoms with Crippen LogP contribution in [0.1, 0.15) is 19.4 Å². The fourth-order valence-electron chi connectivity index (χ4n) is 2.85. The zero-order valence-corrected chi connectivity index (χ0v) is 12.6. The highest BCUT2D eigenvalue weighted by Crippen LogP contribution is 2.38. The maximum atomic E-state index is 14.0. The highest BCUT2D eigenvalue weighted by molar-refractivity contribution is 5.13. The minimum atomic E-state index is -1.63. The van der Waals surface area contributed by atoms with Crippen molar-refractivity contribution >= 4 is 0 Å². The Balaban J connectivity index is 1.60. The molecule has 0 bridgehead atoms. The average Bonchev–Trinajstić information content (AvgIpc) is 2.81. The molecule has 1 aromatic rings. The van der Waals surface area contributed by atoms with Crippen molar-refractivity contribution in [3.8, 4) is 0 Å². The number of hydrogen-bond acceptors (Lipinski definition) is 5. The molecule has 0 amide bonds. The number of halogens is 1. The summed E-state index contributed by atoms with van der Waals surface area (Å²) in [6, 6.07) is 9.70. The number of alkyl halides is 1. The molecule has 2 saturated heterocycles. The molecule has 3 rings (SSSR count). The van der Waals surface area contributed by atoms with Gasteiger partial charge in [0.2, 0.25) is 0 Å². The summed E-state index contributed by atoms with van der Waals surface area (Å²) in [6.45, 7) is 4.04. The second kappa shape index (κ2) is 6.22. The van der Waals surface area contributed by atoms with Gasteiger partial charge in [-0.2, -0.15) is 0 Å². The lowest BCUT2D eigenvalue weighted by molar-refractivity contribution is -0.252. The van der Waals surface area contributed by atoms with Gasteiger partial charge in [0.05, 0.1) is 13.2 Å². The summed E-state index contributed by atoms with van der Waals surface area (Å²) in [5.41, 5.74) is 1.03. The number of benzene rings is 1. The molecule has 6 heteroatoms. The van der Waals surface area contributed by atoms with Gasteiger partial charge < -0.3 is 24.1 Å². The zero-order valence-electron chi connectivity index (χ0n) is 12.6. The Bertz CT molecular complexity index is 495. The average molecular weight is 312 g/mol. The lowest BCUT2D eigenvalue weighted by Crippen LogP contribution is -2.55. The fourth-order valence-corrected chi connectivity index (χ4v) is 2.85. The SMILES string of the molecule is CC1(C)O[C@@H]2[C@H](O1)C(F)C(O)O[C@@H]2COCc1ccccc1. The van der Waals surface area contributed by atoms with Gasteiger partial charge in [-0.25, -0.2) is 4.39 Å². The molecule has 0 aliphatic carbocycles. The lowest BCUT2D eigenvalue weighted by Gasteiger charge is -2.36. The summed E-state index contributed by atoms with van der Waals surface area (Å²) in [5.74, 6) is -0.898. The molecule has 2 aliphatic rings. The van der Waals surface area contributed by atoms with Crippen LogP contribution in [0.3, 0.4) is 0 Å². The molecule has 0 saturated carbocycles. The Hall–Kier alpha value is -1.05. The largest absolute Gasteiger partial charge is 0.374 e. The number of aliphatic hydroxyl groups is 1. The van der Waals surface area contributed by atoms with Gasteiger partial charge in [-0.1, -0.05) is 30.3 Å². The molecule has 122 valence electrons. The molecule has 2 heterocycles. The third-order valence-electron chi connectivity index (χ3n) is 3.82. The van der Waals surface area contributed by atoms with Gasteiger partial charge in [0.15, 0.2) is 18.2 Å². The molecule has 0 spiro atoms. The van der Waals surface area contributed by atoms with Gasteiger partial charge in [-0.3, -0.25) is 0 Å². The lowest BCUT2D eigenvalue weighted by atomic mass is 10.0. The monoisotopic (exact) mass is 312 g/mol. The van der Waals surface area contributed by atoms with E-state index in [1.54, 1.807) is 13.8 Å². The Morgan fingerprint density at radius 2 is 1.86 bits per heavy atom. The molecule has 2 fully saturated rings. The molecule has 2 unspecified atom stereocenters. The number of fused-ring (bicyclic) bond motifs is 1. The molecule has 0 aromatic heterocycles. The normalized spacial score (nSPS) is 37.0. The summed E-state index contributed by atoms with van der Waals surface area (Å²) in [6.07, 6.45) is -5.16. The molecule has 2 aliphatic heterocycles. The van der Waals surface area contributed by atoms with E-state index in [4.69, 9.17) is 18.9 Å². The predicted octanol–water partition coefficient (Wildman–Crippen LogP) is 1.78. The van der Waals surface area contributed by atoms with Crippen molar-refractivity contribution in [2.75, 3.05) is 6.61 Å². The summed E-state index contributed by atoms with van der Waals surface area (Å²) < 4.78 is 36.2. The van der Waals surface area contributed by atoms with Crippen molar-refractivity contribution < 1.29 is 28.4 Å². The van der Waals surface area contributed by atoms with Gasteiger partial charge in [0, 0.05) is 0 Å². The molecule has 1 N–H and O–H groups in total. The van der Waals surface area contributed by atoms with E-state index >= 15 is 0 Å². The third kappa shape index (κ3) is 3.31. The first-order chi connectivity index (χ1) is 10.5. The van der Waals surface area contributed by atoms with Gasteiger partial charge in [-0.15, -0.1) is 0 Å². The van der Waals surface area contributed by atoms with Crippen LogP contribution >= 0.6 is 0 Å². The van der Waals surface area contributed by atoms with Crippen molar-refractivity contribution in [2.24, 2.45) is 0 Å². The van der Waals surface area contributed by atoms with E-state index < -0.39 is 36.6 Å². The minimum absolute atomic E-state index is 0.194. The van der Waals surface area contributed by atoms with Crippen LogP contribution in [0, 0.1) is 0 Å². The van der Waals surface area contributed by atoms with E-state index in [-0.39, 0.29) is 6.61 Å². The number of rotatable bonds is 4. The van der Waals surface area contributed by atoms with Gasteiger partial charge in [-0.05, 0) is 19.4 Å². The summed E-state index contributed by atoms with van der Waals surface area (Å²) >= 11 is 0. The zero-order chi connectivity index (χ0) is 15.7. The number of aliphatic hydroxyl groups excluding tert-OH is 1. The molecule has 5 atom stereocenters. The standard InChI is InChI=1S/C16H21FO5/c1-16(2)21-13-11(20-15(18)12(17)14(13)22-16)9-19-8-10-6-4-3-5-7-10/h3-7,11-15,18H,8-9H2,1-2H3/t11-,12?,13+,14-,15?/m1/s1. The van der Waals surface area contributed by atoms with Gasteiger partial charge >= 0.3 is 0 Å². The quantitative estimate of drug-likeness (QED) is 0.918. The van der Waals surface area contributed by atoms with Crippen molar-refractivity contribution in [1.82, 2.24) is 0 Å². The Kier molecular flexibility index (Phi) is 4.47. The first-order valence-corrected chi connectivity index (χ1v) is 7.41. The minimum Gasteiger partial charge on any atom is -0.374 e. The second-order valence-corrected chi connectivity index (χ2v) is 6.08. The van der Waals surface area contributed by atoms with Crippen molar-refractivity contribution in [3.63, 3.8) is 0 Å². The molecule has 1 aromatic carbocycles. The van der Waals surface area contributed by atoms with Crippen LogP contribution in [-0.2, 0) is 25.6 Å². The fraction of sp³-hybridized carbons (Fsp3) is 0.625. The van der Waals surface area contributed by atoms with Crippen LogP contribution < -0.4 is 0 Å². The maximum absolute atomic E-state index is 14.0. The highest BCUT2D eigenvalue weighted by atomic mass is 19.1. The Morgan fingerprint density at radius 3 is 2.59 bits per heavy atom. The van der Waals surface area contributed by atoms with Gasteiger partial charge in [0.1, 0.15) is 18.3 Å². The van der Waals surface area contributed by atoms with Crippen LogP contribution in [0.4, 0.5) is 4.39 Å². The first kappa shape index (κ1) is 15.8. The molecule has 0 radical (unpaired) electrons. The van der Waals surface area contributed by atoms with Crippen molar-refractivity contribution in [1.29, 1.82) is 0 Å². The third-order valence-corrected chi connectivity index (χ3v) is 3.82. The van der Waals surface area contributed by atoms with Crippen LogP contribution in [0.15, 0.2) is 30.3 Å². The van der Waals surface area contributed by atoms with Gasteiger partial charge in [0.25, 0.3) is 0 Å². The molecule has 5 nitrogen and oxygen atoms in total. The van der Waals surface area contributed by atoms with E-state index in [1.165, 1.54) is 0 Å². The van der Waals surface area contributed by atoms with E-state index in [0.29, 0.717) is 6.61 Å². The molecular weight excluding hydrogens is 291 g/mol. The van der Waals surface area contributed by atoms with Crippen molar-refractivity contribution in [2.45, 2.75) is 57.0 Å². The van der Waals surface area contributed by atoms with E-state index in [0.717, 1.165) is 5.56 Å². The second-order valence-electron chi connectivity index (χ2n) is 6.08. The molecule has 22 heavy (non-hydrogen) atoms.